The van der Waals surface area contributed by atoms with Crippen molar-refractivity contribution in [1.82, 2.24) is 5.32 Å². The lowest BCUT2D eigenvalue weighted by Gasteiger charge is -2.27. The number of hydrogen-bond donors (Lipinski definition) is 1. The van der Waals surface area contributed by atoms with Gasteiger partial charge >= 0.3 is 0 Å². The van der Waals surface area contributed by atoms with E-state index in [2.05, 4.69) is 36.5 Å². The Morgan fingerprint density at radius 3 is 2.89 bits per heavy atom. The monoisotopic (exact) mass is 241 g/mol. The van der Waals surface area contributed by atoms with Crippen molar-refractivity contribution in [2.45, 2.75) is 38.1 Å². The normalized spacial score (nSPS) is 28.1. The lowest BCUT2D eigenvalue weighted by molar-refractivity contribution is 0.275. The quantitative estimate of drug-likeness (QED) is 0.866. The molecule has 1 aliphatic carbocycles. The molecule has 2 fully saturated rings. The van der Waals surface area contributed by atoms with E-state index in [-0.39, 0.29) is 5.54 Å². The van der Waals surface area contributed by atoms with Gasteiger partial charge in [0.05, 0.1) is 5.54 Å². The molecule has 0 radical (unpaired) electrons. The maximum Gasteiger partial charge on any atom is 0.137 e. The van der Waals surface area contributed by atoms with Crippen molar-refractivity contribution in [3.8, 4) is 0 Å². The molecule has 2 nitrogen and oxygen atoms in total. The molecule has 1 saturated carbocycles. The molecule has 94 valence electrons. The van der Waals surface area contributed by atoms with Gasteiger partial charge < -0.3 is 9.73 Å². The van der Waals surface area contributed by atoms with Crippen LogP contribution in [0.1, 0.15) is 37.0 Å². The molecule has 0 amide bonds. The summed E-state index contributed by atoms with van der Waals surface area (Å²) in [5.74, 6) is 1.97. The van der Waals surface area contributed by atoms with Crippen LogP contribution in [0, 0.1) is 12.8 Å². The molecule has 2 heterocycles. The summed E-state index contributed by atoms with van der Waals surface area (Å²) in [6.45, 7) is 3.26. The second-order valence-electron chi connectivity index (χ2n) is 5.88. The highest BCUT2D eigenvalue weighted by atomic mass is 16.3. The molecule has 2 aromatic rings. The van der Waals surface area contributed by atoms with E-state index in [1.54, 1.807) is 0 Å². The van der Waals surface area contributed by atoms with Crippen LogP contribution in [0.2, 0.25) is 0 Å². The molecule has 0 bridgehead atoms. The van der Waals surface area contributed by atoms with Crippen LogP contribution in [0.15, 0.2) is 28.7 Å². The van der Waals surface area contributed by atoms with Crippen LogP contribution < -0.4 is 5.32 Å². The SMILES string of the molecule is Cc1cccc2cc(C3(C4CC4)CCCN3)oc12. The third-order valence-electron chi connectivity index (χ3n) is 4.64. The molecular weight excluding hydrogens is 222 g/mol. The smallest absolute Gasteiger partial charge is 0.137 e. The summed E-state index contributed by atoms with van der Waals surface area (Å²) >= 11 is 0. The molecular formula is C16H19NO. The number of aryl methyl sites for hydroxylation is 1. The van der Waals surface area contributed by atoms with Crippen molar-refractivity contribution in [3.05, 3.63) is 35.6 Å². The fourth-order valence-electron chi connectivity index (χ4n) is 3.53. The van der Waals surface area contributed by atoms with Gasteiger partial charge in [0, 0.05) is 5.39 Å². The molecule has 1 unspecified atom stereocenters. The summed E-state index contributed by atoms with van der Waals surface area (Å²) in [6.07, 6.45) is 5.20. The highest BCUT2D eigenvalue weighted by Crippen LogP contribution is 2.51. The first kappa shape index (κ1) is 10.6. The molecule has 1 atom stereocenters. The van der Waals surface area contributed by atoms with Gasteiger partial charge in [-0.05, 0) is 56.7 Å². The Balaban J connectivity index is 1.88. The van der Waals surface area contributed by atoms with Gasteiger partial charge in [-0.1, -0.05) is 18.2 Å². The minimum absolute atomic E-state index is 0.144. The zero-order valence-electron chi connectivity index (χ0n) is 10.8. The van der Waals surface area contributed by atoms with Crippen LogP contribution in [0.4, 0.5) is 0 Å². The van der Waals surface area contributed by atoms with E-state index in [1.807, 2.05) is 0 Å². The van der Waals surface area contributed by atoms with Gasteiger partial charge in [0.2, 0.25) is 0 Å². The molecule has 4 rings (SSSR count). The number of rotatable bonds is 2. The van der Waals surface area contributed by atoms with Gasteiger partial charge in [-0.3, -0.25) is 0 Å². The van der Waals surface area contributed by atoms with Gasteiger partial charge in [0.1, 0.15) is 11.3 Å². The Labute approximate surface area is 107 Å². The summed E-state index contributed by atoms with van der Waals surface area (Å²) in [7, 11) is 0. The number of hydrogen-bond acceptors (Lipinski definition) is 2. The first-order chi connectivity index (χ1) is 8.79. The lowest BCUT2D eigenvalue weighted by Crippen LogP contribution is -2.38. The van der Waals surface area contributed by atoms with Gasteiger partial charge in [-0.15, -0.1) is 0 Å². The highest BCUT2D eigenvalue weighted by molar-refractivity contribution is 5.81. The second-order valence-corrected chi connectivity index (χ2v) is 5.88. The van der Waals surface area contributed by atoms with Crippen molar-refractivity contribution >= 4 is 11.0 Å². The van der Waals surface area contributed by atoms with E-state index in [1.165, 1.54) is 42.4 Å². The van der Waals surface area contributed by atoms with Crippen molar-refractivity contribution in [3.63, 3.8) is 0 Å². The topological polar surface area (TPSA) is 25.2 Å². The van der Waals surface area contributed by atoms with E-state index < -0.39 is 0 Å². The fourth-order valence-corrected chi connectivity index (χ4v) is 3.53. The summed E-state index contributed by atoms with van der Waals surface area (Å²) < 4.78 is 6.22. The summed E-state index contributed by atoms with van der Waals surface area (Å²) in [5, 5.41) is 4.98. The van der Waals surface area contributed by atoms with Crippen molar-refractivity contribution < 1.29 is 4.42 Å². The highest BCUT2D eigenvalue weighted by Gasteiger charge is 2.50. The van der Waals surface area contributed by atoms with Crippen LogP contribution in [-0.4, -0.2) is 6.54 Å². The Morgan fingerprint density at radius 1 is 1.33 bits per heavy atom. The number of para-hydroxylation sites is 1. The Hall–Kier alpha value is -1.28. The van der Waals surface area contributed by atoms with E-state index in [0.717, 1.165) is 18.0 Å². The average molecular weight is 241 g/mol. The summed E-state index contributed by atoms with van der Waals surface area (Å²) in [6, 6.07) is 8.66. The van der Waals surface area contributed by atoms with Crippen molar-refractivity contribution in [1.29, 1.82) is 0 Å². The third-order valence-corrected chi connectivity index (χ3v) is 4.64. The fraction of sp³-hybridized carbons (Fsp3) is 0.500. The van der Waals surface area contributed by atoms with Crippen LogP contribution in [0.3, 0.4) is 0 Å². The summed E-state index contributed by atoms with van der Waals surface area (Å²) in [5.41, 5.74) is 2.45. The average Bonchev–Trinajstić information content (AvgIpc) is 2.94. The Kier molecular flexibility index (Phi) is 2.13. The third kappa shape index (κ3) is 1.39. The van der Waals surface area contributed by atoms with Gasteiger partial charge in [-0.25, -0.2) is 0 Å². The van der Waals surface area contributed by atoms with Crippen LogP contribution >= 0.6 is 0 Å². The maximum absolute atomic E-state index is 6.22. The predicted molar refractivity (Wildman–Crippen MR) is 72.6 cm³/mol. The standard InChI is InChI=1S/C16H19NO/c1-11-4-2-5-12-10-14(18-15(11)12)16(13-6-7-13)8-3-9-17-16/h2,4-5,10,13,17H,3,6-9H2,1H3. The van der Waals surface area contributed by atoms with Crippen molar-refractivity contribution in [2.24, 2.45) is 5.92 Å². The van der Waals surface area contributed by atoms with Gasteiger partial charge in [-0.2, -0.15) is 0 Å². The minimum atomic E-state index is 0.144. The maximum atomic E-state index is 6.22. The van der Waals surface area contributed by atoms with Crippen LogP contribution in [-0.2, 0) is 5.54 Å². The first-order valence-electron chi connectivity index (χ1n) is 7.04. The number of benzene rings is 1. The number of nitrogens with one attached hydrogen (secondary N) is 1. The van der Waals surface area contributed by atoms with Crippen molar-refractivity contribution in [2.75, 3.05) is 6.54 Å². The van der Waals surface area contributed by atoms with E-state index in [0.29, 0.717) is 0 Å². The van der Waals surface area contributed by atoms with Crippen LogP contribution in [0.25, 0.3) is 11.0 Å². The predicted octanol–water partition coefficient (Wildman–Crippen LogP) is 3.73. The lowest BCUT2D eigenvalue weighted by atomic mass is 9.88. The Morgan fingerprint density at radius 2 is 2.22 bits per heavy atom. The van der Waals surface area contributed by atoms with Crippen LogP contribution in [0.5, 0.6) is 0 Å². The summed E-state index contributed by atoms with van der Waals surface area (Å²) in [4.78, 5) is 0. The second kappa shape index (κ2) is 3.61. The van der Waals surface area contributed by atoms with E-state index >= 15 is 0 Å². The largest absolute Gasteiger partial charge is 0.459 e. The van der Waals surface area contributed by atoms with Gasteiger partial charge in [0.15, 0.2) is 0 Å². The molecule has 0 spiro atoms. The molecule has 1 saturated heterocycles. The molecule has 2 aliphatic rings. The van der Waals surface area contributed by atoms with E-state index in [9.17, 15) is 0 Å². The molecule has 1 aromatic heterocycles. The molecule has 1 aromatic carbocycles. The molecule has 18 heavy (non-hydrogen) atoms. The molecule has 1 aliphatic heterocycles. The Bertz CT molecular complexity index is 588. The van der Waals surface area contributed by atoms with Gasteiger partial charge in [0.25, 0.3) is 0 Å². The first-order valence-corrected chi connectivity index (χ1v) is 7.04. The van der Waals surface area contributed by atoms with E-state index in [4.69, 9.17) is 4.42 Å². The minimum Gasteiger partial charge on any atom is -0.459 e. The molecule has 1 N–H and O–H groups in total. The number of fused-ring (bicyclic) bond motifs is 1. The zero-order valence-corrected chi connectivity index (χ0v) is 10.8. The molecule has 2 heteroatoms. The zero-order chi connectivity index (χ0) is 12.2. The number of furan rings is 1.